The molecule has 1 aliphatic carbocycles. The van der Waals surface area contributed by atoms with Crippen LogP contribution in [-0.4, -0.2) is 39.2 Å². The molecule has 0 amide bonds. The number of carbonyl (C=O) groups excluding carboxylic acids is 3. The van der Waals surface area contributed by atoms with Gasteiger partial charge in [0.05, 0.1) is 5.56 Å². The summed E-state index contributed by atoms with van der Waals surface area (Å²) in [4.78, 5) is 52.6. The van der Waals surface area contributed by atoms with E-state index in [0.717, 1.165) is 11.1 Å². The third kappa shape index (κ3) is 6.55. The Bertz CT molecular complexity index is 2050. The normalized spacial score (nSPS) is 13.6. The fourth-order valence-electron chi connectivity index (χ4n) is 6.53. The summed E-state index contributed by atoms with van der Waals surface area (Å²) in [6.07, 6.45) is 5.03. The van der Waals surface area contributed by atoms with Gasteiger partial charge >= 0.3 is 23.9 Å². The topological polar surface area (TPSA) is 157 Å². The minimum Gasteiger partial charge on any atom is -0.507 e. The number of hydrogen-bond acceptors (Lipinski definition) is 9. The van der Waals surface area contributed by atoms with Crippen molar-refractivity contribution in [3.8, 4) is 28.7 Å². The molecule has 0 spiro atoms. The number of phenols is 2. The highest BCUT2D eigenvalue weighted by Gasteiger charge is 2.41. The number of phenolic OH excluding ortho intramolecular Hbond substituents is 2. The van der Waals surface area contributed by atoms with Crippen LogP contribution in [0.25, 0.3) is 0 Å². The maximum absolute atomic E-state index is 13.6. The Labute approximate surface area is 305 Å². The predicted molar refractivity (Wildman–Crippen MR) is 196 cm³/mol. The second-order valence-corrected chi connectivity index (χ2v) is 14.0. The van der Waals surface area contributed by atoms with E-state index in [1.165, 1.54) is 19.9 Å². The van der Waals surface area contributed by atoms with Crippen molar-refractivity contribution in [2.24, 2.45) is 5.41 Å². The van der Waals surface area contributed by atoms with Crippen molar-refractivity contribution in [3.05, 3.63) is 95.0 Å². The highest BCUT2D eigenvalue weighted by atomic mass is 79.9. The maximum Gasteiger partial charge on any atom is 0.347 e. The number of aromatic hydroxyl groups is 2. The quantitative estimate of drug-likeness (QED) is 0.115. The molecule has 0 radical (unpaired) electrons. The lowest BCUT2D eigenvalue weighted by Gasteiger charge is -2.32. The van der Waals surface area contributed by atoms with Gasteiger partial charge < -0.3 is 29.5 Å². The standard InChI is InChI=1S/C40H43BrO10/c1-12-26-24(9)29(36(44)45)20(5)22(7)34(26)50-37(46)28-17(2)16-27(25(10)32(28)42)49-38(47)30-21(6)23(8)35(31(41)33(30)43)51-39(48)40(11)18(3)14-13-15-19(40)4/h14-16,42-43H,12-13H2,1-11H3,(H,44,45). The summed E-state index contributed by atoms with van der Waals surface area (Å²) in [5, 5.41) is 32.2. The molecular weight excluding hydrogens is 720 g/mol. The summed E-state index contributed by atoms with van der Waals surface area (Å²) >= 11 is 3.31. The van der Waals surface area contributed by atoms with Crippen LogP contribution in [0.5, 0.6) is 28.7 Å². The SMILES string of the molecule is CCc1c(C)c(C(=O)O)c(C)c(C)c1OC(=O)c1c(C)cc(OC(=O)c2c(C)c(C)c(OC(=O)C3(C)C(C)=CCC=C3C)c(Br)c2O)c(C)c1O. The van der Waals surface area contributed by atoms with Crippen LogP contribution in [-0.2, 0) is 11.2 Å². The average molecular weight is 764 g/mol. The van der Waals surface area contributed by atoms with Crippen LogP contribution < -0.4 is 14.2 Å². The minimum absolute atomic E-state index is 0.00831. The summed E-state index contributed by atoms with van der Waals surface area (Å²) in [6, 6.07) is 1.40. The molecule has 10 nitrogen and oxygen atoms in total. The first-order valence-electron chi connectivity index (χ1n) is 16.4. The lowest BCUT2D eigenvalue weighted by molar-refractivity contribution is -0.141. The molecule has 51 heavy (non-hydrogen) atoms. The van der Waals surface area contributed by atoms with Gasteiger partial charge in [0, 0.05) is 5.56 Å². The van der Waals surface area contributed by atoms with Gasteiger partial charge in [-0.15, -0.1) is 0 Å². The minimum atomic E-state index is -1.08. The Morgan fingerprint density at radius 2 is 1.24 bits per heavy atom. The van der Waals surface area contributed by atoms with Gasteiger partial charge in [-0.3, -0.25) is 4.79 Å². The van der Waals surface area contributed by atoms with Crippen LogP contribution in [0, 0.1) is 53.9 Å². The number of carboxylic acids is 1. The molecule has 270 valence electrons. The maximum atomic E-state index is 13.6. The number of allylic oxidation sites excluding steroid dienone is 2. The molecule has 3 aromatic carbocycles. The van der Waals surface area contributed by atoms with Gasteiger partial charge in [0.25, 0.3) is 0 Å². The molecular formula is C40H43BrO10. The first-order chi connectivity index (χ1) is 23.7. The summed E-state index contributed by atoms with van der Waals surface area (Å²) in [5.41, 5.74) is 3.51. The molecule has 0 atom stereocenters. The number of carboxylic acid groups (broad SMARTS) is 1. The molecule has 0 aromatic heterocycles. The van der Waals surface area contributed by atoms with E-state index < -0.39 is 40.8 Å². The first-order valence-corrected chi connectivity index (χ1v) is 17.2. The molecule has 0 saturated carbocycles. The number of halogens is 1. The van der Waals surface area contributed by atoms with E-state index in [4.69, 9.17) is 14.2 Å². The number of carbonyl (C=O) groups is 4. The molecule has 0 bridgehead atoms. The van der Waals surface area contributed by atoms with Crippen molar-refractivity contribution < 1.29 is 48.7 Å². The molecule has 3 aromatic rings. The summed E-state index contributed by atoms with van der Waals surface area (Å²) in [7, 11) is 0. The Hall–Kier alpha value is -4.90. The van der Waals surface area contributed by atoms with Gasteiger partial charge in [-0.25, -0.2) is 14.4 Å². The highest BCUT2D eigenvalue weighted by molar-refractivity contribution is 9.10. The zero-order valence-electron chi connectivity index (χ0n) is 30.7. The van der Waals surface area contributed by atoms with Gasteiger partial charge in [0.15, 0.2) is 5.75 Å². The molecule has 0 saturated heterocycles. The summed E-state index contributed by atoms with van der Waals surface area (Å²) < 4.78 is 17.4. The van der Waals surface area contributed by atoms with Crippen molar-refractivity contribution >= 4 is 39.8 Å². The van der Waals surface area contributed by atoms with E-state index in [9.17, 15) is 34.5 Å². The number of esters is 3. The molecule has 1 aliphatic rings. The second kappa shape index (κ2) is 14.4. The Morgan fingerprint density at radius 1 is 0.706 bits per heavy atom. The van der Waals surface area contributed by atoms with Crippen LogP contribution in [0.2, 0.25) is 0 Å². The van der Waals surface area contributed by atoms with Crippen molar-refractivity contribution in [2.45, 2.75) is 89.0 Å². The summed E-state index contributed by atoms with van der Waals surface area (Å²) in [5.74, 6) is -4.18. The fourth-order valence-corrected chi connectivity index (χ4v) is 7.11. The second-order valence-electron chi connectivity index (χ2n) is 13.2. The number of ether oxygens (including phenoxy) is 3. The number of rotatable bonds is 8. The average Bonchev–Trinajstić information content (AvgIpc) is 3.05. The molecule has 0 heterocycles. The molecule has 4 rings (SSSR count). The summed E-state index contributed by atoms with van der Waals surface area (Å²) in [6.45, 7) is 18.6. The molecule has 0 aliphatic heterocycles. The first kappa shape index (κ1) is 38.9. The third-order valence-electron chi connectivity index (χ3n) is 10.4. The fraction of sp³-hybridized carbons (Fsp3) is 0.350. The molecule has 3 N–H and O–H groups in total. The van der Waals surface area contributed by atoms with Crippen LogP contribution in [0.4, 0.5) is 0 Å². The molecule has 0 fully saturated rings. The van der Waals surface area contributed by atoms with Crippen LogP contribution in [0.15, 0.2) is 33.8 Å². The molecule has 11 heteroatoms. The van der Waals surface area contributed by atoms with E-state index in [1.54, 1.807) is 41.5 Å². The predicted octanol–water partition coefficient (Wildman–Crippen LogP) is 8.93. The van der Waals surface area contributed by atoms with Gasteiger partial charge in [-0.1, -0.05) is 30.2 Å². The van der Waals surface area contributed by atoms with Gasteiger partial charge in [-0.2, -0.15) is 0 Å². The number of hydrogen-bond donors (Lipinski definition) is 3. The number of aromatic carboxylic acids is 1. The number of aryl methyl sites for hydroxylation is 1. The molecule has 0 unspecified atom stereocenters. The Balaban J connectivity index is 1.67. The largest absolute Gasteiger partial charge is 0.507 e. The lowest BCUT2D eigenvalue weighted by Crippen LogP contribution is -2.35. The Morgan fingerprint density at radius 3 is 1.78 bits per heavy atom. The zero-order chi connectivity index (χ0) is 38.4. The van der Waals surface area contributed by atoms with Crippen LogP contribution >= 0.6 is 15.9 Å². The lowest BCUT2D eigenvalue weighted by atomic mass is 9.73. The van der Waals surface area contributed by atoms with Crippen molar-refractivity contribution in [1.82, 2.24) is 0 Å². The van der Waals surface area contributed by atoms with Gasteiger partial charge in [0.1, 0.15) is 44.0 Å². The monoisotopic (exact) mass is 762 g/mol. The third-order valence-corrected chi connectivity index (χ3v) is 11.1. The van der Waals surface area contributed by atoms with E-state index in [0.29, 0.717) is 46.2 Å². The zero-order valence-corrected chi connectivity index (χ0v) is 32.3. The van der Waals surface area contributed by atoms with Crippen LogP contribution in [0.3, 0.4) is 0 Å². The Kier molecular flexibility index (Phi) is 11.0. The van der Waals surface area contributed by atoms with E-state index >= 15 is 0 Å². The highest BCUT2D eigenvalue weighted by Crippen LogP contribution is 2.46. The smallest absolute Gasteiger partial charge is 0.347 e. The van der Waals surface area contributed by atoms with E-state index in [1.807, 2.05) is 32.9 Å². The van der Waals surface area contributed by atoms with Crippen molar-refractivity contribution in [1.29, 1.82) is 0 Å². The van der Waals surface area contributed by atoms with Crippen molar-refractivity contribution in [3.63, 3.8) is 0 Å². The van der Waals surface area contributed by atoms with Crippen LogP contribution in [0.1, 0.15) is 110 Å². The van der Waals surface area contributed by atoms with E-state index in [2.05, 4.69) is 15.9 Å². The van der Waals surface area contributed by atoms with Gasteiger partial charge in [0.2, 0.25) is 0 Å². The van der Waals surface area contributed by atoms with Crippen molar-refractivity contribution in [2.75, 3.05) is 0 Å². The van der Waals surface area contributed by atoms with E-state index in [-0.39, 0.29) is 49.5 Å². The number of benzene rings is 3. The van der Waals surface area contributed by atoms with Gasteiger partial charge in [-0.05, 0) is 143 Å².